The summed E-state index contributed by atoms with van der Waals surface area (Å²) in [5.74, 6) is -2.17. The van der Waals surface area contributed by atoms with Crippen LogP contribution in [0, 0.1) is 0 Å². The standard InChI is InChI=1S/C68H128O17P2/c1-5-9-13-17-20-22-24-26-28-29-30-31-32-34-36-38-40-43-47-51-55-68(73)85-64(59-79-66(71)53-49-45-42-39-37-35-33-27-25-23-21-18-14-10-6-2)61-83-87(76,77)81-57-62(69)56-80-86(74,75)82-60-63(58-78-65(70)52-48-44-16-12-8-4)84-67(72)54-50-46-41-19-15-11-7-3/h23,25,27,33,62-64,69H,5-22,24,26,28-32,34-61H2,1-4H3,(H,74,75)(H,76,77)/b25-23-,33-27-/t62-,63+,64+/m0/s1. The van der Waals surface area contributed by atoms with Gasteiger partial charge in [-0.3, -0.25) is 37.3 Å². The molecule has 0 bridgehead atoms. The second kappa shape index (κ2) is 62.4. The van der Waals surface area contributed by atoms with Crippen molar-refractivity contribution >= 4 is 39.5 Å². The van der Waals surface area contributed by atoms with E-state index < -0.39 is 97.5 Å². The SMILES string of the molecule is CCCCCC/C=C\C=C/CCCCCCCC(=O)OC[C@H](COP(=O)(O)OC[C@@H](O)COP(=O)(O)OC[C@@H](COC(=O)CCCCCCC)OC(=O)CCCCCCCCC)OC(=O)CCCCCCCCCCCCCCCCCCCCCC. The molecule has 0 aromatic carbocycles. The van der Waals surface area contributed by atoms with Crippen LogP contribution in [0.15, 0.2) is 24.3 Å². The van der Waals surface area contributed by atoms with E-state index >= 15 is 0 Å². The smallest absolute Gasteiger partial charge is 0.462 e. The van der Waals surface area contributed by atoms with Crippen molar-refractivity contribution in [2.75, 3.05) is 39.6 Å². The topological polar surface area (TPSA) is 237 Å². The molecule has 17 nitrogen and oxygen atoms in total. The van der Waals surface area contributed by atoms with Gasteiger partial charge in [0.1, 0.15) is 19.3 Å². The second-order valence-electron chi connectivity index (χ2n) is 23.9. The maximum atomic E-state index is 13.0. The number of carbonyl (C=O) groups excluding carboxylic acids is 4. The number of allylic oxidation sites excluding steroid dienone is 4. The molecule has 2 unspecified atom stereocenters. The number of ether oxygens (including phenoxy) is 4. The number of aliphatic hydroxyl groups is 1. The van der Waals surface area contributed by atoms with Crippen molar-refractivity contribution in [3.8, 4) is 0 Å². The Balaban J connectivity index is 5.13. The first-order valence-corrected chi connectivity index (χ1v) is 38.1. The highest BCUT2D eigenvalue weighted by molar-refractivity contribution is 7.47. The zero-order valence-electron chi connectivity index (χ0n) is 55.5. The summed E-state index contributed by atoms with van der Waals surface area (Å²) in [6.07, 6.45) is 52.9. The van der Waals surface area contributed by atoms with Crippen LogP contribution in [0.3, 0.4) is 0 Å². The summed E-state index contributed by atoms with van der Waals surface area (Å²) < 4.78 is 67.8. The predicted molar refractivity (Wildman–Crippen MR) is 349 cm³/mol. The van der Waals surface area contributed by atoms with Gasteiger partial charge < -0.3 is 33.8 Å². The fraction of sp³-hybridized carbons (Fsp3) is 0.882. The van der Waals surface area contributed by atoms with E-state index in [2.05, 4.69) is 52.0 Å². The summed E-state index contributed by atoms with van der Waals surface area (Å²) in [4.78, 5) is 72.0. The van der Waals surface area contributed by atoms with E-state index in [4.69, 9.17) is 37.0 Å². The van der Waals surface area contributed by atoms with E-state index in [1.165, 1.54) is 122 Å². The third-order valence-electron chi connectivity index (χ3n) is 15.2. The molecule has 0 radical (unpaired) electrons. The summed E-state index contributed by atoms with van der Waals surface area (Å²) >= 11 is 0. The molecule has 0 rings (SSSR count). The molecule has 0 aliphatic carbocycles. The van der Waals surface area contributed by atoms with Gasteiger partial charge in [-0.2, -0.15) is 0 Å². The van der Waals surface area contributed by atoms with Crippen LogP contribution in [0.25, 0.3) is 0 Å². The Kier molecular flexibility index (Phi) is 60.6. The molecule has 87 heavy (non-hydrogen) atoms. The molecule has 0 aromatic rings. The molecule has 0 aromatic heterocycles. The Morgan fingerprint density at radius 3 is 0.839 bits per heavy atom. The van der Waals surface area contributed by atoms with Crippen molar-refractivity contribution in [3.63, 3.8) is 0 Å². The Hall–Kier alpha value is -2.46. The summed E-state index contributed by atoms with van der Waals surface area (Å²) in [6.45, 7) is 4.72. The van der Waals surface area contributed by atoms with Gasteiger partial charge in [-0.25, -0.2) is 9.13 Å². The highest BCUT2D eigenvalue weighted by Gasteiger charge is 2.30. The predicted octanol–water partition coefficient (Wildman–Crippen LogP) is 19.1. The normalized spacial score (nSPS) is 14.2. The minimum absolute atomic E-state index is 0.101. The minimum Gasteiger partial charge on any atom is -0.462 e. The summed E-state index contributed by atoms with van der Waals surface area (Å²) in [5.41, 5.74) is 0. The van der Waals surface area contributed by atoms with Crippen molar-refractivity contribution in [2.45, 2.75) is 348 Å². The van der Waals surface area contributed by atoms with Gasteiger partial charge in [0.05, 0.1) is 26.4 Å². The number of esters is 4. The van der Waals surface area contributed by atoms with Crippen molar-refractivity contribution in [2.24, 2.45) is 0 Å². The molecule has 0 fully saturated rings. The molecule has 512 valence electrons. The van der Waals surface area contributed by atoms with Gasteiger partial charge in [0.15, 0.2) is 12.2 Å². The van der Waals surface area contributed by atoms with E-state index in [-0.39, 0.29) is 25.7 Å². The minimum atomic E-state index is -4.95. The molecule has 0 amide bonds. The Morgan fingerprint density at radius 2 is 0.552 bits per heavy atom. The van der Waals surface area contributed by atoms with Crippen LogP contribution in [0.5, 0.6) is 0 Å². The molecule has 5 atom stereocenters. The quantitative estimate of drug-likeness (QED) is 0.0169. The monoisotopic (exact) mass is 1280 g/mol. The number of aliphatic hydroxyl groups excluding tert-OH is 1. The number of rotatable bonds is 67. The fourth-order valence-corrected chi connectivity index (χ4v) is 11.4. The van der Waals surface area contributed by atoms with Crippen molar-refractivity contribution in [1.82, 2.24) is 0 Å². The third-order valence-corrected chi connectivity index (χ3v) is 17.1. The molecule has 0 heterocycles. The van der Waals surface area contributed by atoms with Gasteiger partial charge in [-0.1, -0.05) is 277 Å². The lowest BCUT2D eigenvalue weighted by molar-refractivity contribution is -0.161. The number of unbranched alkanes of at least 4 members (excludes halogenated alkanes) is 38. The van der Waals surface area contributed by atoms with Crippen LogP contribution in [0.2, 0.25) is 0 Å². The largest absolute Gasteiger partial charge is 0.472 e. The lowest BCUT2D eigenvalue weighted by Crippen LogP contribution is -2.30. The van der Waals surface area contributed by atoms with E-state index in [9.17, 15) is 43.2 Å². The first-order valence-electron chi connectivity index (χ1n) is 35.1. The number of phosphoric acid groups is 2. The van der Waals surface area contributed by atoms with Crippen molar-refractivity contribution in [3.05, 3.63) is 24.3 Å². The number of hydrogen-bond acceptors (Lipinski definition) is 15. The van der Waals surface area contributed by atoms with Gasteiger partial charge >= 0.3 is 39.5 Å². The van der Waals surface area contributed by atoms with Crippen LogP contribution < -0.4 is 0 Å². The summed E-state index contributed by atoms with van der Waals surface area (Å²) in [5, 5.41) is 10.5. The Bertz CT molecular complexity index is 1760. The first kappa shape index (κ1) is 84.5. The van der Waals surface area contributed by atoms with Gasteiger partial charge in [-0.15, -0.1) is 0 Å². The average Bonchev–Trinajstić information content (AvgIpc) is 3.69. The molecule has 0 aliphatic heterocycles. The molecule has 19 heteroatoms. The number of carbonyl (C=O) groups is 4. The average molecular weight is 1280 g/mol. The van der Waals surface area contributed by atoms with Gasteiger partial charge in [0, 0.05) is 25.7 Å². The van der Waals surface area contributed by atoms with Crippen molar-refractivity contribution in [1.29, 1.82) is 0 Å². The lowest BCUT2D eigenvalue weighted by Gasteiger charge is -2.21. The maximum absolute atomic E-state index is 13.0. The Labute approximate surface area is 529 Å². The lowest BCUT2D eigenvalue weighted by atomic mass is 10.0. The van der Waals surface area contributed by atoms with Gasteiger partial charge in [-0.05, 0) is 51.4 Å². The highest BCUT2D eigenvalue weighted by Crippen LogP contribution is 2.45. The Morgan fingerprint density at radius 1 is 0.322 bits per heavy atom. The first-order chi connectivity index (χ1) is 42.2. The van der Waals surface area contributed by atoms with Gasteiger partial charge in [0.25, 0.3) is 0 Å². The molecular formula is C68H128O17P2. The van der Waals surface area contributed by atoms with Crippen LogP contribution in [0.1, 0.15) is 329 Å². The zero-order valence-corrected chi connectivity index (χ0v) is 57.3. The van der Waals surface area contributed by atoms with E-state index in [0.29, 0.717) is 25.7 Å². The van der Waals surface area contributed by atoms with Crippen LogP contribution in [0.4, 0.5) is 0 Å². The van der Waals surface area contributed by atoms with Gasteiger partial charge in [0.2, 0.25) is 0 Å². The van der Waals surface area contributed by atoms with Crippen LogP contribution in [-0.4, -0.2) is 96.7 Å². The number of phosphoric ester groups is 2. The highest BCUT2D eigenvalue weighted by atomic mass is 31.2. The second-order valence-corrected chi connectivity index (χ2v) is 26.8. The van der Waals surface area contributed by atoms with Crippen LogP contribution >= 0.6 is 15.6 Å². The zero-order chi connectivity index (χ0) is 64.0. The maximum Gasteiger partial charge on any atom is 0.472 e. The van der Waals surface area contributed by atoms with Crippen molar-refractivity contribution < 1.29 is 80.2 Å². The van der Waals surface area contributed by atoms with E-state index in [1.54, 1.807) is 0 Å². The summed E-state index contributed by atoms with van der Waals surface area (Å²) in [6, 6.07) is 0. The summed E-state index contributed by atoms with van der Waals surface area (Å²) in [7, 11) is -9.89. The fourth-order valence-electron chi connectivity index (χ4n) is 9.80. The molecule has 0 spiro atoms. The molecule has 0 aliphatic rings. The third kappa shape index (κ3) is 62.1. The molecule has 3 N–H and O–H groups in total. The van der Waals surface area contributed by atoms with Crippen LogP contribution in [-0.2, 0) is 65.4 Å². The molecular weight excluding hydrogens is 1150 g/mol. The number of hydrogen-bond donors (Lipinski definition) is 3. The van der Waals surface area contributed by atoms with E-state index in [0.717, 1.165) is 128 Å². The molecule has 0 saturated heterocycles. The molecule has 0 saturated carbocycles. The van der Waals surface area contributed by atoms with E-state index in [1.807, 2.05) is 0 Å².